The number of piperidine rings is 1. The van der Waals surface area contributed by atoms with Gasteiger partial charge in [-0.1, -0.05) is 106 Å². The largest absolute Gasteiger partial charge is 0.481 e. The minimum atomic E-state index is -1.16. The summed E-state index contributed by atoms with van der Waals surface area (Å²) in [6, 6.07) is 6.98. The second-order valence-corrected chi connectivity index (χ2v) is 30.9. The van der Waals surface area contributed by atoms with Crippen molar-refractivity contribution in [2.75, 3.05) is 86.1 Å². The van der Waals surface area contributed by atoms with Gasteiger partial charge in [0.05, 0.1) is 24.7 Å². The number of nitrogens with one attached hydrogen (secondary N) is 7. The quantitative estimate of drug-likeness (QED) is 0.0117. The normalized spacial score (nSPS) is 15.5. The molecule has 0 radical (unpaired) electrons. The number of primary amides is 1. The number of carbonyl (C=O) groups excluding carboxylic acids is 12. The zero-order valence-electron chi connectivity index (χ0n) is 68.7. The Balaban J connectivity index is 1.35. The number of nitrogens with two attached hydrogens (primary N) is 1. The number of esters is 1. The van der Waals surface area contributed by atoms with Crippen molar-refractivity contribution in [3.05, 3.63) is 75.7 Å². The van der Waals surface area contributed by atoms with Gasteiger partial charge >= 0.3 is 36.2 Å². The number of methoxy groups -OCH3 is 1. The molecule has 35 heteroatoms. The number of likely N-dealkylation sites (tertiary alicyclic amines) is 1. The van der Waals surface area contributed by atoms with Gasteiger partial charge in [0.15, 0.2) is 12.4 Å². The fraction of sp³-hybridized carbons (Fsp3) is 0.646. The van der Waals surface area contributed by atoms with Crippen molar-refractivity contribution >= 4 is 94.5 Å². The highest BCUT2D eigenvalue weighted by Gasteiger charge is 2.40. The molecule has 4 rings (SSSR count). The monoisotopic (exact) mass is 1620 g/mol. The van der Waals surface area contributed by atoms with E-state index in [-0.39, 0.29) is 149 Å². The maximum Gasteiger partial charge on any atom is 0.415 e. The third-order valence-corrected chi connectivity index (χ3v) is 20.4. The fourth-order valence-electron chi connectivity index (χ4n) is 12.4. The molecule has 1 aliphatic heterocycles. The van der Waals surface area contributed by atoms with E-state index in [1.165, 1.54) is 50.2 Å². The predicted molar refractivity (Wildman–Crippen MR) is 424 cm³/mol. The number of hydrogen-bond donors (Lipinski definition) is 10. The number of carboxylic acids is 1. The first-order valence-electron chi connectivity index (χ1n) is 39.1. The SMILES string of the molecule is CCC(CO)OC(COC(=O)NCCC(=O)N[C@@H](C(=O)N[C@H](CCCNC(N)=O)C(=O)Nc1ccc(COC(=O)N(C)CCN(C)C(=O)Oc2ccc(C[C@@H](C[C@H](C)C(=O)O)NC(=O)c3csc([C@@H](C[C@H](C(C)C)N(CCC(=O)CC(C)C)C(=O)[C@@H](NC(=O)[C@H]4CCCCN4C)[C@@H](C)CC)OC(C)=O)n3)cc2)cc1)C(C)C)OC. The number of aliphatic hydroxyl groups is 1. The smallest absolute Gasteiger partial charge is 0.415 e. The van der Waals surface area contributed by atoms with Gasteiger partial charge in [-0.05, 0) is 118 Å². The average Bonchev–Trinajstić information content (AvgIpc) is 1.19. The minimum absolute atomic E-state index is 0.0118. The molecule has 2 unspecified atom stereocenters. The van der Waals surface area contributed by atoms with Gasteiger partial charge < -0.3 is 96.3 Å². The van der Waals surface area contributed by atoms with E-state index in [0.717, 1.165) is 30.7 Å². The lowest BCUT2D eigenvalue weighted by molar-refractivity contribution is -0.181. The molecule has 0 spiro atoms. The molecule has 2 aromatic carbocycles. The zero-order valence-corrected chi connectivity index (χ0v) is 69.5. The van der Waals surface area contributed by atoms with Gasteiger partial charge in [0.1, 0.15) is 53.6 Å². The zero-order chi connectivity index (χ0) is 84.9. The van der Waals surface area contributed by atoms with E-state index in [1.54, 1.807) is 74.2 Å². The number of carbonyl (C=O) groups is 13. The number of anilines is 1. The predicted octanol–water partition coefficient (Wildman–Crippen LogP) is 7.05. The summed E-state index contributed by atoms with van der Waals surface area (Å²) in [5.74, 6) is -6.51. The number of amides is 11. The highest BCUT2D eigenvalue weighted by atomic mass is 32.1. The van der Waals surface area contributed by atoms with Crippen molar-refractivity contribution in [3.8, 4) is 5.75 Å². The fourth-order valence-corrected chi connectivity index (χ4v) is 13.3. The number of Topliss-reactive ketones (excluding diaryl/α,β-unsaturated/α-hetero) is 1. The number of hydrogen-bond acceptors (Lipinski definition) is 23. The van der Waals surface area contributed by atoms with E-state index in [4.69, 9.17) is 34.2 Å². The Kier molecular flexibility index (Phi) is 42.4. The van der Waals surface area contributed by atoms with Gasteiger partial charge in [-0.2, -0.15) is 0 Å². The molecule has 0 saturated carbocycles. The number of aliphatic hydroxyl groups excluding tert-OH is 1. The number of carboxylic acid groups (broad SMARTS) is 1. The van der Waals surface area contributed by atoms with Gasteiger partial charge in [0.25, 0.3) is 5.91 Å². The Labute approximate surface area is 672 Å². The molecule has 1 fully saturated rings. The number of likely N-dealkylation sites (N-methyl/N-ethyl adjacent to an activating group) is 3. The van der Waals surface area contributed by atoms with Crippen LogP contribution in [0.4, 0.5) is 24.9 Å². The van der Waals surface area contributed by atoms with Crippen LogP contribution in [0, 0.1) is 29.6 Å². The molecule has 2 heterocycles. The van der Waals surface area contributed by atoms with Gasteiger partial charge in [-0.25, -0.2) is 24.2 Å². The summed E-state index contributed by atoms with van der Waals surface area (Å²) in [5, 5.41) is 40.2. The summed E-state index contributed by atoms with van der Waals surface area (Å²) < 4.78 is 32.9. The van der Waals surface area contributed by atoms with E-state index in [0.29, 0.717) is 42.5 Å². The molecule has 0 aliphatic carbocycles. The molecule has 1 saturated heterocycles. The maximum absolute atomic E-state index is 15.1. The summed E-state index contributed by atoms with van der Waals surface area (Å²) in [6.45, 7) is 19.6. The second kappa shape index (κ2) is 49.9. The molecule has 114 heavy (non-hydrogen) atoms. The van der Waals surface area contributed by atoms with Crippen LogP contribution in [-0.4, -0.2) is 242 Å². The molecule has 11 atom stereocenters. The lowest BCUT2D eigenvalue weighted by Gasteiger charge is -2.40. The summed E-state index contributed by atoms with van der Waals surface area (Å²) >= 11 is 1.07. The van der Waals surface area contributed by atoms with Gasteiger partial charge in [-0.3, -0.25) is 48.1 Å². The number of rotatable bonds is 49. The van der Waals surface area contributed by atoms with E-state index in [9.17, 15) is 67.7 Å². The first-order valence-corrected chi connectivity index (χ1v) is 40.0. The molecule has 636 valence electrons. The molecular formula is C79H123N13O21S. The molecular weight excluding hydrogens is 1500 g/mol. The molecule has 1 aromatic heterocycles. The van der Waals surface area contributed by atoms with Crippen LogP contribution in [-0.2, 0) is 75.1 Å². The van der Waals surface area contributed by atoms with Crippen molar-refractivity contribution < 1.29 is 101 Å². The van der Waals surface area contributed by atoms with E-state index in [1.807, 2.05) is 53.5 Å². The van der Waals surface area contributed by atoms with Crippen molar-refractivity contribution in [2.45, 2.75) is 221 Å². The Morgan fingerprint density at radius 2 is 1.41 bits per heavy atom. The van der Waals surface area contributed by atoms with Crippen LogP contribution in [0.15, 0.2) is 53.9 Å². The van der Waals surface area contributed by atoms with Crippen LogP contribution < -0.4 is 47.7 Å². The van der Waals surface area contributed by atoms with Crippen LogP contribution in [0.1, 0.15) is 186 Å². The molecule has 3 aromatic rings. The Morgan fingerprint density at radius 1 is 0.746 bits per heavy atom. The number of alkyl carbamates (subject to hydrolysis) is 1. The molecule has 0 bridgehead atoms. The summed E-state index contributed by atoms with van der Waals surface area (Å²) in [4.78, 5) is 183. The topological polar surface area (TPSA) is 454 Å². The van der Waals surface area contributed by atoms with E-state index >= 15 is 4.79 Å². The van der Waals surface area contributed by atoms with Crippen LogP contribution >= 0.6 is 11.3 Å². The molecule has 11 amide bonds. The van der Waals surface area contributed by atoms with Crippen molar-refractivity contribution in [3.63, 3.8) is 0 Å². The number of thiazole rings is 1. The first kappa shape index (κ1) is 96.8. The Bertz CT molecular complexity index is 3600. The van der Waals surface area contributed by atoms with Gasteiger partial charge in [0.2, 0.25) is 29.5 Å². The third kappa shape index (κ3) is 34.2. The van der Waals surface area contributed by atoms with Crippen LogP contribution in [0.5, 0.6) is 5.75 Å². The number of nitrogens with zero attached hydrogens (tertiary/aromatic N) is 5. The third-order valence-electron chi connectivity index (χ3n) is 19.5. The van der Waals surface area contributed by atoms with Gasteiger partial charge in [0, 0.05) is 110 Å². The minimum Gasteiger partial charge on any atom is -0.481 e. The van der Waals surface area contributed by atoms with Gasteiger partial charge in [-0.15, -0.1) is 11.3 Å². The Morgan fingerprint density at radius 3 is 2.00 bits per heavy atom. The van der Waals surface area contributed by atoms with Crippen LogP contribution in [0.2, 0.25) is 0 Å². The number of benzene rings is 2. The van der Waals surface area contributed by atoms with Crippen LogP contribution in [0.25, 0.3) is 0 Å². The number of ketones is 1. The molecule has 11 N–H and O–H groups in total. The lowest BCUT2D eigenvalue weighted by Crippen LogP contribution is -2.59. The van der Waals surface area contributed by atoms with Crippen molar-refractivity contribution in [1.82, 2.24) is 56.5 Å². The highest BCUT2D eigenvalue weighted by Crippen LogP contribution is 2.33. The van der Waals surface area contributed by atoms with Crippen LogP contribution in [0.3, 0.4) is 0 Å². The van der Waals surface area contributed by atoms with E-state index in [2.05, 4.69) is 42.2 Å². The summed E-state index contributed by atoms with van der Waals surface area (Å²) in [5.41, 5.74) is 6.72. The molecule has 34 nitrogen and oxygen atoms in total. The van der Waals surface area contributed by atoms with Crippen molar-refractivity contribution in [2.24, 2.45) is 35.3 Å². The number of aromatic nitrogens is 1. The molecule has 1 aliphatic rings. The number of aliphatic carboxylic acids is 1. The number of ether oxygens (including phenoxy) is 6. The second-order valence-electron chi connectivity index (χ2n) is 30.0. The summed E-state index contributed by atoms with van der Waals surface area (Å²) in [6.07, 6.45) is -0.665. The lowest BCUT2D eigenvalue weighted by atomic mass is 9.91. The average molecular weight is 1620 g/mol. The Hall–Kier alpha value is -9.58. The highest BCUT2D eigenvalue weighted by molar-refractivity contribution is 7.09. The standard InChI is InChI=1S/C79H123N13O21S/c1-16-50(9)68(88-71(99)62-22-18-19-35-89(62)12)74(101)92(36-32-57(95)39-47(3)4)63(48(5)6)42-64(111-52(11)94)73-86-61(46-114-73)70(98)84-56(40-51(10)75(102)103)41-53-25-29-59(30-26-53)113-79(107)91(14)38-37-90(13)78(106)110-44-54-23-27-55(28-24-54)83-69(97)60(21-20-33-81-76(80)104)85-72(100)67(49(7)8)87-65(96)31-34-82-77(105)109-45-66(108-15)112-58(17-2)43-93/h23-30,46-51,56,58,60,62-64,66-68,93H,16-22,31-45H2,1-15H3,(H,82,105)(H,83,97)(H,84,98)(H,85,100)(H,87,96)(H,88,99)(H,102,103)(H3,80,81,104)/t50-,51-,56+,58?,60+,62+,63+,64+,66?,67+,68-/m0/s1. The maximum atomic E-state index is 15.1. The van der Waals surface area contributed by atoms with E-state index < -0.39 is 126 Å². The number of urea groups is 1. The van der Waals surface area contributed by atoms with Crippen molar-refractivity contribution in [1.29, 1.82) is 0 Å². The first-order chi connectivity index (χ1) is 54.0. The summed E-state index contributed by atoms with van der Waals surface area (Å²) in [7, 11) is 6.21.